The largest absolute Gasteiger partial charge is 0.380 e. The van der Waals surface area contributed by atoms with Gasteiger partial charge in [0, 0.05) is 19.7 Å². The van der Waals surface area contributed by atoms with Crippen LogP contribution in [-0.2, 0) is 4.74 Å². The fourth-order valence-corrected chi connectivity index (χ4v) is 0.519. The third kappa shape index (κ3) is 4.53. The van der Waals surface area contributed by atoms with Crippen molar-refractivity contribution in [3.8, 4) is 0 Å². The summed E-state index contributed by atoms with van der Waals surface area (Å²) in [4.78, 5) is 0. The minimum atomic E-state index is 0.280. The summed E-state index contributed by atoms with van der Waals surface area (Å²) in [5.41, 5.74) is 0. The number of ether oxygens (including phenoxy) is 1. The van der Waals surface area contributed by atoms with Crippen molar-refractivity contribution >= 4 is 0 Å². The molecule has 0 amide bonds. The lowest BCUT2D eigenvalue weighted by molar-refractivity contribution is 0.116. The maximum Gasteiger partial charge on any atom is 0.0667 e. The molecule has 0 aliphatic heterocycles. The van der Waals surface area contributed by atoms with E-state index >= 15 is 0 Å². The molecule has 10 heavy (non-hydrogen) atoms. The van der Waals surface area contributed by atoms with Crippen LogP contribution in [0.3, 0.4) is 0 Å². The van der Waals surface area contributed by atoms with Crippen molar-refractivity contribution in [2.45, 2.75) is 26.0 Å². The molecule has 0 aromatic carbocycles. The van der Waals surface area contributed by atoms with E-state index in [1.807, 2.05) is 13.0 Å². The first-order chi connectivity index (χ1) is 4.70. The lowest BCUT2D eigenvalue weighted by atomic mass is 10.3. The van der Waals surface area contributed by atoms with Gasteiger partial charge in [-0.1, -0.05) is 6.08 Å². The lowest BCUT2D eigenvalue weighted by Gasteiger charge is -2.13. The van der Waals surface area contributed by atoms with Crippen LogP contribution < -0.4 is 5.32 Å². The molecule has 0 saturated heterocycles. The molecule has 0 fully saturated rings. The maximum atomic E-state index is 5.05. The summed E-state index contributed by atoms with van der Waals surface area (Å²) in [7, 11) is 1.71. The van der Waals surface area contributed by atoms with Gasteiger partial charge in [-0.15, -0.1) is 6.58 Å². The average Bonchev–Trinajstić information content (AvgIpc) is 1.99. The molecule has 60 valence electrons. The molecule has 2 nitrogen and oxygen atoms in total. The number of hydrogen-bond donors (Lipinski definition) is 1. The Hall–Kier alpha value is -0.340. The quantitative estimate of drug-likeness (QED) is 0.584. The number of nitrogens with one attached hydrogen (secondary N) is 1. The van der Waals surface area contributed by atoms with Crippen molar-refractivity contribution in [3.63, 3.8) is 0 Å². The Balaban J connectivity index is 3.25. The fraction of sp³-hybridized carbons (Fsp3) is 0.750. The van der Waals surface area contributed by atoms with Gasteiger partial charge in [-0.25, -0.2) is 0 Å². The van der Waals surface area contributed by atoms with E-state index in [1.54, 1.807) is 7.11 Å². The Bertz CT molecular complexity index is 93.3. The third-order valence-electron chi connectivity index (χ3n) is 1.48. The summed E-state index contributed by atoms with van der Waals surface area (Å²) in [6.07, 6.45) is 2.16. The molecule has 2 atom stereocenters. The molecule has 0 aromatic rings. The predicted octanol–water partition coefficient (Wildman–Crippen LogP) is 1.19. The molecule has 0 bridgehead atoms. The molecular formula is C8H17NO. The third-order valence-corrected chi connectivity index (χ3v) is 1.48. The Kier molecular flexibility index (Phi) is 5.26. The normalized spacial score (nSPS) is 16.3. The molecule has 1 N–H and O–H groups in total. The molecule has 0 saturated carbocycles. The van der Waals surface area contributed by atoms with E-state index in [2.05, 4.69) is 18.8 Å². The van der Waals surface area contributed by atoms with Gasteiger partial charge in [0.25, 0.3) is 0 Å². The molecule has 0 aromatic heterocycles. The predicted molar refractivity (Wildman–Crippen MR) is 44.1 cm³/mol. The van der Waals surface area contributed by atoms with Crippen LogP contribution in [-0.4, -0.2) is 25.8 Å². The molecule has 2 heteroatoms. The average molecular weight is 143 g/mol. The summed E-state index contributed by atoms with van der Waals surface area (Å²) in [5.74, 6) is 0. The molecule has 2 unspecified atom stereocenters. The SMILES string of the molecule is C=CC(C)NCC(C)OC. The highest BCUT2D eigenvalue weighted by Crippen LogP contribution is 1.86. The van der Waals surface area contributed by atoms with E-state index in [1.165, 1.54) is 0 Å². The van der Waals surface area contributed by atoms with Gasteiger partial charge in [-0.3, -0.25) is 0 Å². The Morgan fingerprint density at radius 1 is 1.60 bits per heavy atom. The second-order valence-corrected chi connectivity index (χ2v) is 2.48. The van der Waals surface area contributed by atoms with Gasteiger partial charge in [0.05, 0.1) is 6.10 Å². The van der Waals surface area contributed by atoms with Gasteiger partial charge in [0.2, 0.25) is 0 Å². The molecule has 0 rings (SSSR count). The second kappa shape index (κ2) is 5.45. The van der Waals surface area contributed by atoms with Gasteiger partial charge in [-0.05, 0) is 13.8 Å². The number of methoxy groups -OCH3 is 1. The molecule has 0 spiro atoms. The second-order valence-electron chi connectivity index (χ2n) is 2.48. The summed E-state index contributed by atoms with van der Waals surface area (Å²) >= 11 is 0. The van der Waals surface area contributed by atoms with Crippen molar-refractivity contribution < 1.29 is 4.74 Å². The van der Waals surface area contributed by atoms with E-state index in [4.69, 9.17) is 4.74 Å². The number of rotatable bonds is 5. The van der Waals surface area contributed by atoms with Crippen LogP contribution in [0.2, 0.25) is 0 Å². The van der Waals surface area contributed by atoms with E-state index in [0.29, 0.717) is 6.04 Å². The monoisotopic (exact) mass is 143 g/mol. The van der Waals surface area contributed by atoms with Crippen LogP contribution in [0, 0.1) is 0 Å². The van der Waals surface area contributed by atoms with Crippen LogP contribution >= 0.6 is 0 Å². The molecule has 0 aliphatic rings. The summed E-state index contributed by atoms with van der Waals surface area (Å²) < 4.78 is 5.05. The Morgan fingerprint density at radius 2 is 2.20 bits per heavy atom. The first kappa shape index (κ1) is 9.66. The summed E-state index contributed by atoms with van der Waals surface area (Å²) in [6.45, 7) is 8.64. The van der Waals surface area contributed by atoms with Crippen LogP contribution in [0.5, 0.6) is 0 Å². The van der Waals surface area contributed by atoms with E-state index in [-0.39, 0.29) is 6.10 Å². The van der Waals surface area contributed by atoms with Gasteiger partial charge < -0.3 is 10.1 Å². The fourth-order valence-electron chi connectivity index (χ4n) is 0.519. The highest BCUT2D eigenvalue weighted by atomic mass is 16.5. The van der Waals surface area contributed by atoms with Crippen LogP contribution in [0.4, 0.5) is 0 Å². The summed E-state index contributed by atoms with van der Waals surface area (Å²) in [6, 6.07) is 0.373. The molecule has 0 heterocycles. The van der Waals surface area contributed by atoms with Crippen molar-refractivity contribution in [3.05, 3.63) is 12.7 Å². The van der Waals surface area contributed by atoms with Gasteiger partial charge in [-0.2, -0.15) is 0 Å². The standard InChI is InChI=1S/C8H17NO/c1-5-7(2)9-6-8(3)10-4/h5,7-9H,1,6H2,2-4H3. The Morgan fingerprint density at radius 3 is 2.60 bits per heavy atom. The highest BCUT2D eigenvalue weighted by Gasteiger charge is 1.99. The van der Waals surface area contributed by atoms with Gasteiger partial charge in [0.15, 0.2) is 0 Å². The zero-order valence-corrected chi connectivity index (χ0v) is 7.05. The smallest absolute Gasteiger partial charge is 0.0667 e. The van der Waals surface area contributed by atoms with E-state index in [9.17, 15) is 0 Å². The van der Waals surface area contributed by atoms with Gasteiger partial charge >= 0.3 is 0 Å². The lowest BCUT2D eigenvalue weighted by Crippen LogP contribution is -2.31. The van der Waals surface area contributed by atoms with Crippen molar-refractivity contribution in [1.29, 1.82) is 0 Å². The van der Waals surface area contributed by atoms with Crippen LogP contribution in [0.1, 0.15) is 13.8 Å². The zero-order valence-electron chi connectivity index (χ0n) is 7.05. The topological polar surface area (TPSA) is 21.3 Å². The van der Waals surface area contributed by atoms with E-state index in [0.717, 1.165) is 6.54 Å². The van der Waals surface area contributed by atoms with Crippen molar-refractivity contribution in [2.24, 2.45) is 0 Å². The first-order valence-corrected chi connectivity index (χ1v) is 3.59. The number of hydrogen-bond acceptors (Lipinski definition) is 2. The molecular weight excluding hydrogens is 126 g/mol. The van der Waals surface area contributed by atoms with Crippen LogP contribution in [0.25, 0.3) is 0 Å². The minimum absolute atomic E-state index is 0.280. The van der Waals surface area contributed by atoms with Crippen LogP contribution in [0.15, 0.2) is 12.7 Å². The molecule has 0 radical (unpaired) electrons. The van der Waals surface area contributed by atoms with Gasteiger partial charge in [0.1, 0.15) is 0 Å². The minimum Gasteiger partial charge on any atom is -0.380 e. The first-order valence-electron chi connectivity index (χ1n) is 3.59. The zero-order chi connectivity index (χ0) is 7.98. The maximum absolute atomic E-state index is 5.05. The van der Waals surface area contributed by atoms with Crippen molar-refractivity contribution in [1.82, 2.24) is 5.32 Å². The molecule has 0 aliphatic carbocycles. The highest BCUT2D eigenvalue weighted by molar-refractivity contribution is 4.81. The Labute approximate surface area is 63.3 Å². The van der Waals surface area contributed by atoms with Crippen molar-refractivity contribution in [2.75, 3.05) is 13.7 Å². The van der Waals surface area contributed by atoms with E-state index < -0.39 is 0 Å². The summed E-state index contributed by atoms with van der Waals surface area (Å²) in [5, 5.41) is 3.24.